The van der Waals surface area contributed by atoms with Crippen LogP contribution in [0.3, 0.4) is 0 Å². The van der Waals surface area contributed by atoms with Crippen molar-refractivity contribution < 1.29 is 0 Å². The van der Waals surface area contributed by atoms with Crippen LogP contribution in [0.15, 0.2) is 30.5 Å². The maximum atomic E-state index is 4.38. The predicted octanol–water partition coefficient (Wildman–Crippen LogP) is 3.44. The molecule has 0 fully saturated rings. The Labute approximate surface area is 85.9 Å². The van der Waals surface area contributed by atoms with E-state index in [1.54, 1.807) is 0 Å². The Morgan fingerprint density at radius 1 is 1.31 bits per heavy atom. The molecule has 0 unspecified atom stereocenters. The van der Waals surface area contributed by atoms with Gasteiger partial charge in [-0.2, -0.15) is 0 Å². The number of pyridine rings is 1. The second kappa shape index (κ2) is 3.46. The number of alkyl halides is 1. The quantitative estimate of drug-likeness (QED) is 0.691. The van der Waals surface area contributed by atoms with E-state index < -0.39 is 0 Å². The molecule has 1 aromatic heterocycles. The lowest BCUT2D eigenvalue weighted by Gasteiger charge is -2.05. The van der Waals surface area contributed by atoms with Gasteiger partial charge in [-0.25, -0.2) is 0 Å². The van der Waals surface area contributed by atoms with Crippen LogP contribution in [0.25, 0.3) is 10.9 Å². The van der Waals surface area contributed by atoms with Gasteiger partial charge in [0, 0.05) is 16.9 Å². The number of aryl methyl sites for hydroxylation is 1. The molecule has 2 heteroatoms. The minimum Gasteiger partial charge on any atom is -0.256 e. The van der Waals surface area contributed by atoms with Crippen molar-refractivity contribution in [2.24, 2.45) is 0 Å². The molecule has 1 nitrogen and oxygen atoms in total. The summed E-state index contributed by atoms with van der Waals surface area (Å²) >= 11 is 3.49. The Hall–Kier alpha value is -0.890. The van der Waals surface area contributed by atoms with Gasteiger partial charge in [0.05, 0.1) is 5.52 Å². The van der Waals surface area contributed by atoms with Crippen LogP contribution in [-0.4, -0.2) is 4.98 Å². The summed E-state index contributed by atoms with van der Waals surface area (Å²) < 4.78 is 0. The van der Waals surface area contributed by atoms with Crippen molar-refractivity contribution in [3.8, 4) is 0 Å². The van der Waals surface area contributed by atoms with Crippen molar-refractivity contribution in [3.63, 3.8) is 0 Å². The summed E-state index contributed by atoms with van der Waals surface area (Å²) in [6, 6.07) is 8.31. The number of nitrogens with zero attached hydrogens (tertiary/aromatic N) is 1. The van der Waals surface area contributed by atoms with Gasteiger partial charge in [-0.05, 0) is 24.1 Å². The van der Waals surface area contributed by atoms with Crippen LogP contribution in [0, 0.1) is 6.92 Å². The molecular formula is C11H10BrN. The van der Waals surface area contributed by atoms with Crippen LogP contribution in [0.5, 0.6) is 0 Å². The molecule has 0 radical (unpaired) electrons. The molecule has 0 saturated heterocycles. The molecule has 0 N–H and O–H groups in total. The third kappa shape index (κ3) is 1.46. The molecule has 0 amide bonds. The average molecular weight is 236 g/mol. The second-order valence-electron chi connectivity index (χ2n) is 3.07. The lowest BCUT2D eigenvalue weighted by molar-refractivity contribution is 1.30. The molecule has 0 atom stereocenters. The summed E-state index contributed by atoms with van der Waals surface area (Å²) in [6.45, 7) is 2.12. The fourth-order valence-corrected chi connectivity index (χ4v) is 2.18. The first kappa shape index (κ1) is 8.70. The van der Waals surface area contributed by atoms with Gasteiger partial charge in [0.2, 0.25) is 0 Å². The van der Waals surface area contributed by atoms with Gasteiger partial charge in [-0.15, -0.1) is 0 Å². The summed E-state index contributed by atoms with van der Waals surface area (Å²) in [7, 11) is 0. The fraction of sp³-hybridized carbons (Fsp3) is 0.182. The normalized spacial score (nSPS) is 10.6. The van der Waals surface area contributed by atoms with Gasteiger partial charge in [-0.1, -0.05) is 34.1 Å². The highest BCUT2D eigenvalue weighted by atomic mass is 79.9. The molecular weight excluding hydrogens is 226 g/mol. The third-order valence-corrected chi connectivity index (χ3v) is 2.81. The van der Waals surface area contributed by atoms with Crippen molar-refractivity contribution >= 4 is 26.8 Å². The zero-order chi connectivity index (χ0) is 9.26. The monoisotopic (exact) mass is 235 g/mol. The van der Waals surface area contributed by atoms with Crippen molar-refractivity contribution in [3.05, 3.63) is 41.6 Å². The Balaban J connectivity index is 2.84. The van der Waals surface area contributed by atoms with Crippen LogP contribution in [0.1, 0.15) is 11.1 Å². The van der Waals surface area contributed by atoms with E-state index in [-0.39, 0.29) is 0 Å². The zero-order valence-electron chi connectivity index (χ0n) is 7.42. The highest BCUT2D eigenvalue weighted by molar-refractivity contribution is 9.08. The van der Waals surface area contributed by atoms with Crippen LogP contribution < -0.4 is 0 Å². The van der Waals surface area contributed by atoms with Crippen molar-refractivity contribution in [1.29, 1.82) is 0 Å². The first-order valence-electron chi connectivity index (χ1n) is 4.22. The molecule has 13 heavy (non-hydrogen) atoms. The fourth-order valence-electron chi connectivity index (χ4n) is 1.48. The van der Waals surface area contributed by atoms with Crippen LogP contribution >= 0.6 is 15.9 Å². The molecule has 0 aliphatic rings. The Bertz CT molecular complexity index is 437. The SMILES string of the molecule is Cc1ccc2cccnc2c1CBr. The van der Waals surface area contributed by atoms with E-state index in [1.165, 1.54) is 16.5 Å². The smallest absolute Gasteiger partial charge is 0.0745 e. The van der Waals surface area contributed by atoms with Gasteiger partial charge in [0.1, 0.15) is 0 Å². The van der Waals surface area contributed by atoms with E-state index in [2.05, 4.69) is 46.0 Å². The van der Waals surface area contributed by atoms with E-state index in [0.717, 1.165) is 10.8 Å². The first-order chi connectivity index (χ1) is 6.33. The Morgan fingerprint density at radius 2 is 2.15 bits per heavy atom. The molecule has 0 spiro atoms. The zero-order valence-corrected chi connectivity index (χ0v) is 9.01. The lowest BCUT2D eigenvalue weighted by atomic mass is 10.1. The predicted molar refractivity (Wildman–Crippen MR) is 59.1 cm³/mol. The van der Waals surface area contributed by atoms with E-state index in [9.17, 15) is 0 Å². The van der Waals surface area contributed by atoms with Crippen molar-refractivity contribution in [2.75, 3.05) is 0 Å². The first-order valence-corrected chi connectivity index (χ1v) is 5.34. The maximum Gasteiger partial charge on any atom is 0.0745 e. The van der Waals surface area contributed by atoms with Gasteiger partial charge in [0.15, 0.2) is 0 Å². The van der Waals surface area contributed by atoms with Crippen molar-refractivity contribution in [2.45, 2.75) is 12.3 Å². The summed E-state index contributed by atoms with van der Waals surface area (Å²) in [5, 5.41) is 2.08. The standard InChI is InChI=1S/C11H10BrN/c1-8-4-5-9-3-2-6-13-11(9)10(8)7-12/h2-6H,7H2,1H3. The van der Waals surface area contributed by atoms with Gasteiger partial charge in [0.25, 0.3) is 0 Å². The summed E-state index contributed by atoms with van der Waals surface area (Å²) in [6.07, 6.45) is 1.84. The topological polar surface area (TPSA) is 12.9 Å². The molecule has 2 aromatic rings. The van der Waals surface area contributed by atoms with Crippen LogP contribution in [0.2, 0.25) is 0 Å². The Morgan fingerprint density at radius 3 is 2.92 bits per heavy atom. The summed E-state index contributed by atoms with van der Waals surface area (Å²) in [5.41, 5.74) is 3.69. The molecule has 1 heterocycles. The van der Waals surface area contributed by atoms with E-state index in [4.69, 9.17) is 0 Å². The Kier molecular flexibility index (Phi) is 2.32. The largest absolute Gasteiger partial charge is 0.256 e. The second-order valence-corrected chi connectivity index (χ2v) is 3.63. The number of fused-ring (bicyclic) bond motifs is 1. The number of benzene rings is 1. The number of halogens is 1. The molecule has 1 aromatic carbocycles. The highest BCUT2D eigenvalue weighted by Crippen LogP contribution is 2.21. The average Bonchev–Trinajstić information content (AvgIpc) is 2.18. The molecule has 0 saturated carbocycles. The van der Waals surface area contributed by atoms with Crippen molar-refractivity contribution in [1.82, 2.24) is 4.98 Å². The minimum absolute atomic E-state index is 0.868. The van der Waals surface area contributed by atoms with E-state index >= 15 is 0 Å². The number of rotatable bonds is 1. The minimum atomic E-state index is 0.868. The van der Waals surface area contributed by atoms with Gasteiger partial charge in [-0.3, -0.25) is 4.98 Å². The molecule has 0 aliphatic heterocycles. The third-order valence-electron chi connectivity index (χ3n) is 2.25. The highest BCUT2D eigenvalue weighted by Gasteiger charge is 2.02. The number of hydrogen-bond acceptors (Lipinski definition) is 1. The lowest BCUT2D eigenvalue weighted by Crippen LogP contribution is -1.89. The number of aromatic nitrogens is 1. The molecule has 0 aliphatic carbocycles. The summed E-state index contributed by atoms with van der Waals surface area (Å²) in [4.78, 5) is 4.38. The number of hydrogen-bond donors (Lipinski definition) is 0. The summed E-state index contributed by atoms with van der Waals surface area (Å²) in [5.74, 6) is 0. The molecule has 0 bridgehead atoms. The maximum absolute atomic E-state index is 4.38. The van der Waals surface area contributed by atoms with E-state index in [1.807, 2.05) is 12.3 Å². The molecule has 66 valence electrons. The van der Waals surface area contributed by atoms with Gasteiger partial charge < -0.3 is 0 Å². The van der Waals surface area contributed by atoms with E-state index in [0.29, 0.717) is 0 Å². The van der Waals surface area contributed by atoms with Crippen LogP contribution in [-0.2, 0) is 5.33 Å². The van der Waals surface area contributed by atoms with Gasteiger partial charge >= 0.3 is 0 Å². The van der Waals surface area contributed by atoms with Crippen LogP contribution in [0.4, 0.5) is 0 Å². The molecule has 2 rings (SSSR count).